The molecule has 0 aliphatic carbocycles. The van der Waals surface area contributed by atoms with E-state index in [0.29, 0.717) is 31.0 Å². The van der Waals surface area contributed by atoms with Gasteiger partial charge in [0.2, 0.25) is 10.0 Å². The van der Waals surface area contributed by atoms with Crippen molar-refractivity contribution in [3.8, 4) is 0 Å². The van der Waals surface area contributed by atoms with Crippen molar-refractivity contribution >= 4 is 15.9 Å². The van der Waals surface area contributed by atoms with Crippen LogP contribution in [0.3, 0.4) is 0 Å². The van der Waals surface area contributed by atoms with Gasteiger partial charge in [0, 0.05) is 52.2 Å². The number of amides is 1. The molecule has 0 bridgehead atoms. The average molecular weight is 396 g/mol. The van der Waals surface area contributed by atoms with Gasteiger partial charge in [0.1, 0.15) is 17.3 Å². The first-order valence-electron chi connectivity index (χ1n) is 8.72. The molecule has 0 radical (unpaired) electrons. The molecule has 1 aliphatic rings. The van der Waals surface area contributed by atoms with E-state index in [2.05, 4.69) is 10.2 Å². The van der Waals surface area contributed by atoms with E-state index < -0.39 is 10.0 Å². The van der Waals surface area contributed by atoms with E-state index in [1.807, 2.05) is 6.92 Å². The number of aryl methyl sites for hydroxylation is 2. The van der Waals surface area contributed by atoms with Gasteiger partial charge in [-0.3, -0.25) is 9.48 Å². The smallest absolute Gasteiger partial charge is 0.274 e. The lowest BCUT2D eigenvalue weighted by atomic mass is 10.3. The van der Waals surface area contributed by atoms with Crippen molar-refractivity contribution in [2.45, 2.75) is 32.0 Å². The SMILES string of the molecule is CCn1cc(S(=O)(=O)N2CCN(C(=O)c3ccn(COC)n3)CC2)c(C)n1. The van der Waals surface area contributed by atoms with Gasteiger partial charge in [0.15, 0.2) is 0 Å². The molecule has 0 N–H and O–H groups in total. The molecule has 1 fully saturated rings. The molecule has 0 aromatic carbocycles. The predicted molar refractivity (Wildman–Crippen MR) is 96.5 cm³/mol. The second-order valence-corrected chi connectivity index (χ2v) is 8.20. The van der Waals surface area contributed by atoms with Crippen molar-refractivity contribution in [3.63, 3.8) is 0 Å². The standard InChI is InChI=1S/C16H24N6O4S/c1-4-20-11-15(13(2)17-20)27(24,25)22-9-7-19(8-10-22)16(23)14-5-6-21(18-14)12-26-3/h5-6,11H,4,7-10,12H2,1-3H3. The van der Waals surface area contributed by atoms with Crippen molar-refractivity contribution < 1.29 is 17.9 Å². The molecule has 1 saturated heterocycles. The number of methoxy groups -OCH3 is 1. The van der Waals surface area contributed by atoms with Gasteiger partial charge < -0.3 is 9.64 Å². The monoisotopic (exact) mass is 396 g/mol. The summed E-state index contributed by atoms with van der Waals surface area (Å²) in [7, 11) is -2.07. The van der Waals surface area contributed by atoms with E-state index in [9.17, 15) is 13.2 Å². The third kappa shape index (κ3) is 3.89. The maximum atomic E-state index is 12.9. The number of hydrogen-bond acceptors (Lipinski definition) is 6. The van der Waals surface area contributed by atoms with E-state index in [0.717, 1.165) is 0 Å². The minimum atomic E-state index is -3.62. The van der Waals surface area contributed by atoms with Crippen molar-refractivity contribution in [2.75, 3.05) is 33.3 Å². The second kappa shape index (κ2) is 7.79. The molecule has 1 aliphatic heterocycles. The van der Waals surface area contributed by atoms with Crippen LogP contribution in [0.15, 0.2) is 23.4 Å². The van der Waals surface area contributed by atoms with Crippen LogP contribution >= 0.6 is 0 Å². The summed E-state index contributed by atoms with van der Waals surface area (Å²) in [5, 5.41) is 8.39. The number of ether oxygens (including phenoxy) is 1. The first kappa shape index (κ1) is 19.5. The maximum absolute atomic E-state index is 12.9. The van der Waals surface area contributed by atoms with Gasteiger partial charge in [-0.1, -0.05) is 0 Å². The van der Waals surface area contributed by atoms with Crippen LogP contribution in [-0.2, 0) is 28.0 Å². The number of aromatic nitrogens is 4. The summed E-state index contributed by atoms with van der Waals surface area (Å²) in [6.45, 7) is 5.58. The molecule has 10 nitrogen and oxygen atoms in total. The van der Waals surface area contributed by atoms with Crippen LogP contribution in [0.1, 0.15) is 23.1 Å². The number of carbonyl (C=O) groups excluding carboxylic acids is 1. The highest BCUT2D eigenvalue weighted by Crippen LogP contribution is 2.21. The van der Waals surface area contributed by atoms with Gasteiger partial charge in [-0.2, -0.15) is 14.5 Å². The number of nitrogens with zero attached hydrogens (tertiary/aromatic N) is 6. The molecule has 148 valence electrons. The van der Waals surface area contributed by atoms with Gasteiger partial charge in [-0.05, 0) is 19.9 Å². The van der Waals surface area contributed by atoms with Crippen LogP contribution in [0.4, 0.5) is 0 Å². The minimum absolute atomic E-state index is 0.211. The Balaban J connectivity index is 1.67. The lowest BCUT2D eigenvalue weighted by Gasteiger charge is -2.33. The summed E-state index contributed by atoms with van der Waals surface area (Å²) < 4.78 is 35.3. The summed E-state index contributed by atoms with van der Waals surface area (Å²) >= 11 is 0. The summed E-state index contributed by atoms with van der Waals surface area (Å²) in [5.41, 5.74) is 0.808. The summed E-state index contributed by atoms with van der Waals surface area (Å²) in [6, 6.07) is 1.63. The largest absolute Gasteiger partial charge is 0.362 e. The summed E-state index contributed by atoms with van der Waals surface area (Å²) in [4.78, 5) is 14.4. The molecule has 1 amide bonds. The zero-order valence-electron chi connectivity index (χ0n) is 15.7. The van der Waals surface area contributed by atoms with Crippen LogP contribution < -0.4 is 0 Å². The first-order valence-corrected chi connectivity index (χ1v) is 10.2. The Morgan fingerprint density at radius 1 is 1.19 bits per heavy atom. The molecule has 0 saturated carbocycles. The van der Waals surface area contributed by atoms with E-state index in [4.69, 9.17) is 4.74 Å². The Morgan fingerprint density at radius 3 is 2.48 bits per heavy atom. The quantitative estimate of drug-likeness (QED) is 0.689. The third-order valence-corrected chi connectivity index (χ3v) is 6.49. The number of rotatable bonds is 6. The molecule has 3 heterocycles. The van der Waals surface area contributed by atoms with Crippen molar-refractivity contribution in [1.29, 1.82) is 0 Å². The molecule has 27 heavy (non-hydrogen) atoms. The highest BCUT2D eigenvalue weighted by molar-refractivity contribution is 7.89. The molecular weight excluding hydrogens is 372 g/mol. The Hall–Kier alpha value is -2.24. The zero-order valence-corrected chi connectivity index (χ0v) is 16.5. The van der Waals surface area contributed by atoms with Crippen molar-refractivity contribution in [1.82, 2.24) is 28.8 Å². The van der Waals surface area contributed by atoms with Gasteiger partial charge in [-0.15, -0.1) is 0 Å². The fourth-order valence-electron chi connectivity index (χ4n) is 3.03. The maximum Gasteiger partial charge on any atom is 0.274 e. The first-order chi connectivity index (χ1) is 12.9. The van der Waals surface area contributed by atoms with Crippen molar-refractivity contribution in [3.05, 3.63) is 29.8 Å². The molecule has 0 unspecified atom stereocenters. The van der Waals surface area contributed by atoms with Crippen LogP contribution in [-0.4, -0.2) is 76.4 Å². The minimum Gasteiger partial charge on any atom is -0.362 e. The van der Waals surface area contributed by atoms with Gasteiger partial charge >= 0.3 is 0 Å². The van der Waals surface area contributed by atoms with Gasteiger partial charge in [-0.25, -0.2) is 13.1 Å². The molecule has 2 aromatic rings. The fourth-order valence-corrected chi connectivity index (χ4v) is 4.62. The lowest BCUT2D eigenvalue weighted by molar-refractivity contribution is 0.0687. The zero-order chi connectivity index (χ0) is 19.6. The second-order valence-electron chi connectivity index (χ2n) is 6.29. The van der Waals surface area contributed by atoms with E-state index in [1.165, 1.54) is 8.99 Å². The highest BCUT2D eigenvalue weighted by atomic mass is 32.2. The van der Waals surface area contributed by atoms with Crippen LogP contribution in [0.25, 0.3) is 0 Å². The number of piperazine rings is 1. The number of hydrogen-bond donors (Lipinski definition) is 0. The third-order valence-electron chi connectivity index (χ3n) is 4.49. The van der Waals surface area contributed by atoms with Gasteiger partial charge in [0.05, 0.1) is 5.69 Å². The molecule has 2 aromatic heterocycles. The topological polar surface area (TPSA) is 103 Å². The Labute approximate surface area is 158 Å². The number of carbonyl (C=O) groups is 1. The normalized spacial score (nSPS) is 16.0. The Morgan fingerprint density at radius 2 is 1.89 bits per heavy atom. The number of sulfonamides is 1. The van der Waals surface area contributed by atoms with E-state index >= 15 is 0 Å². The molecule has 0 atom stereocenters. The van der Waals surface area contributed by atoms with E-state index in [-0.39, 0.29) is 30.6 Å². The van der Waals surface area contributed by atoms with Crippen LogP contribution in [0, 0.1) is 6.92 Å². The average Bonchev–Trinajstić information content (AvgIpc) is 3.28. The molecule has 3 rings (SSSR count). The Bertz CT molecular complexity index is 911. The highest BCUT2D eigenvalue weighted by Gasteiger charge is 2.33. The molecule has 11 heteroatoms. The van der Waals surface area contributed by atoms with E-state index in [1.54, 1.807) is 42.1 Å². The lowest BCUT2D eigenvalue weighted by Crippen LogP contribution is -2.50. The van der Waals surface area contributed by atoms with Crippen LogP contribution in [0.5, 0.6) is 0 Å². The van der Waals surface area contributed by atoms with Crippen LogP contribution in [0.2, 0.25) is 0 Å². The summed E-state index contributed by atoms with van der Waals surface area (Å²) in [5.74, 6) is -0.211. The van der Waals surface area contributed by atoms with Gasteiger partial charge in [0.25, 0.3) is 5.91 Å². The molecule has 0 spiro atoms. The fraction of sp³-hybridized carbons (Fsp3) is 0.562. The predicted octanol–water partition coefficient (Wildman–Crippen LogP) is 0.159. The Kier molecular flexibility index (Phi) is 5.63. The molecular formula is C16H24N6O4S. The van der Waals surface area contributed by atoms with Crippen molar-refractivity contribution in [2.24, 2.45) is 0 Å². The summed E-state index contributed by atoms with van der Waals surface area (Å²) in [6.07, 6.45) is 3.23.